The van der Waals surface area contributed by atoms with E-state index in [-0.39, 0.29) is 17.8 Å². The van der Waals surface area contributed by atoms with Crippen LogP contribution in [0.3, 0.4) is 0 Å². The van der Waals surface area contributed by atoms with Gasteiger partial charge in [0.05, 0.1) is 12.8 Å². The number of aromatic nitrogens is 4. The predicted octanol–water partition coefficient (Wildman–Crippen LogP) is 0.679. The molecule has 0 N–H and O–H groups in total. The van der Waals surface area contributed by atoms with Crippen LogP contribution in [0.2, 0.25) is 0 Å². The van der Waals surface area contributed by atoms with Gasteiger partial charge in [-0.3, -0.25) is 9.36 Å². The number of rotatable bonds is 3. The summed E-state index contributed by atoms with van der Waals surface area (Å²) in [5, 5.41) is 4.08. The molecular formula is C16H14N4O3. The molecule has 0 aliphatic rings. The summed E-state index contributed by atoms with van der Waals surface area (Å²) < 4.78 is 8.97. The van der Waals surface area contributed by atoms with Crippen LogP contribution in [0.4, 0.5) is 0 Å². The maximum absolute atomic E-state index is 12.6. The fraction of sp³-hybridized carbons (Fsp3) is 0.188. The summed E-state index contributed by atoms with van der Waals surface area (Å²) in [6.45, 7) is 1.83. The lowest BCUT2D eigenvalue weighted by atomic mass is 10.3. The van der Waals surface area contributed by atoms with Crippen LogP contribution in [0.15, 0.2) is 46.2 Å². The van der Waals surface area contributed by atoms with Gasteiger partial charge in [0.15, 0.2) is 0 Å². The highest BCUT2D eigenvalue weighted by molar-refractivity contribution is 5.43. The predicted molar refractivity (Wildman–Crippen MR) is 85.1 cm³/mol. The van der Waals surface area contributed by atoms with E-state index in [2.05, 4.69) is 16.9 Å². The first-order valence-corrected chi connectivity index (χ1v) is 6.90. The van der Waals surface area contributed by atoms with Gasteiger partial charge in [0, 0.05) is 18.5 Å². The SMILES string of the molecule is CC#CCn1nc2c(=O)n(-c3cccc(OC)c3)ccn2c1=O. The van der Waals surface area contributed by atoms with Gasteiger partial charge in [-0.15, -0.1) is 11.0 Å². The molecule has 0 saturated carbocycles. The summed E-state index contributed by atoms with van der Waals surface area (Å²) in [6, 6.07) is 7.08. The van der Waals surface area contributed by atoms with Crippen LogP contribution in [0.25, 0.3) is 11.3 Å². The Morgan fingerprint density at radius 2 is 2.09 bits per heavy atom. The van der Waals surface area contributed by atoms with Gasteiger partial charge in [-0.1, -0.05) is 12.0 Å². The van der Waals surface area contributed by atoms with Crippen molar-refractivity contribution in [2.45, 2.75) is 13.5 Å². The lowest BCUT2D eigenvalue weighted by Crippen LogP contribution is -2.24. The number of methoxy groups -OCH3 is 1. The molecule has 0 fully saturated rings. The average molecular weight is 310 g/mol. The van der Waals surface area contributed by atoms with E-state index in [1.165, 1.54) is 26.0 Å². The molecule has 0 saturated heterocycles. The second-order valence-electron chi connectivity index (χ2n) is 4.74. The van der Waals surface area contributed by atoms with Crippen LogP contribution in [-0.2, 0) is 6.54 Å². The first-order valence-electron chi connectivity index (χ1n) is 6.90. The molecule has 116 valence electrons. The molecule has 2 aromatic heterocycles. The molecule has 0 spiro atoms. The Morgan fingerprint density at radius 3 is 2.83 bits per heavy atom. The Balaban J connectivity index is 2.20. The van der Waals surface area contributed by atoms with Crippen molar-refractivity contribution in [3.8, 4) is 23.3 Å². The van der Waals surface area contributed by atoms with E-state index >= 15 is 0 Å². The Bertz CT molecular complexity index is 1050. The second kappa shape index (κ2) is 5.85. The van der Waals surface area contributed by atoms with Crippen LogP contribution < -0.4 is 16.0 Å². The van der Waals surface area contributed by atoms with Crippen LogP contribution in [0, 0.1) is 11.8 Å². The quantitative estimate of drug-likeness (QED) is 0.667. The first-order chi connectivity index (χ1) is 11.2. The van der Waals surface area contributed by atoms with Crippen molar-refractivity contribution in [1.82, 2.24) is 18.7 Å². The van der Waals surface area contributed by atoms with Crippen molar-refractivity contribution in [2.75, 3.05) is 7.11 Å². The number of nitrogens with zero attached hydrogens (tertiary/aromatic N) is 4. The van der Waals surface area contributed by atoms with Crippen molar-refractivity contribution < 1.29 is 4.74 Å². The third kappa shape index (κ3) is 2.51. The van der Waals surface area contributed by atoms with E-state index in [0.29, 0.717) is 11.4 Å². The maximum Gasteiger partial charge on any atom is 0.351 e. The molecule has 3 rings (SSSR count). The van der Waals surface area contributed by atoms with Gasteiger partial charge in [-0.25, -0.2) is 13.9 Å². The minimum absolute atomic E-state index is 0.0539. The largest absolute Gasteiger partial charge is 0.497 e. The number of ether oxygens (including phenoxy) is 1. The summed E-state index contributed by atoms with van der Waals surface area (Å²) in [5.41, 5.74) is -0.0934. The molecule has 2 heterocycles. The third-order valence-electron chi connectivity index (χ3n) is 3.38. The molecule has 1 aromatic carbocycles. The Hall–Kier alpha value is -3.27. The zero-order chi connectivity index (χ0) is 16.4. The van der Waals surface area contributed by atoms with Crippen molar-refractivity contribution >= 4 is 5.65 Å². The highest BCUT2D eigenvalue weighted by Crippen LogP contribution is 2.14. The molecular weight excluding hydrogens is 296 g/mol. The van der Waals surface area contributed by atoms with Gasteiger partial charge in [-0.2, -0.15) is 0 Å². The summed E-state index contributed by atoms with van der Waals surface area (Å²) in [5.74, 6) is 6.09. The molecule has 0 aliphatic carbocycles. The molecule has 0 aliphatic heterocycles. The lowest BCUT2D eigenvalue weighted by Gasteiger charge is -2.07. The Kier molecular flexibility index (Phi) is 3.73. The van der Waals surface area contributed by atoms with Gasteiger partial charge in [0.2, 0.25) is 5.65 Å². The monoisotopic (exact) mass is 310 g/mol. The first kappa shape index (κ1) is 14.7. The van der Waals surface area contributed by atoms with Crippen molar-refractivity contribution in [3.63, 3.8) is 0 Å². The van der Waals surface area contributed by atoms with E-state index in [0.717, 1.165) is 0 Å². The van der Waals surface area contributed by atoms with E-state index in [1.54, 1.807) is 38.3 Å². The highest BCUT2D eigenvalue weighted by atomic mass is 16.5. The summed E-state index contributed by atoms with van der Waals surface area (Å²) in [4.78, 5) is 24.8. The van der Waals surface area contributed by atoms with Crippen molar-refractivity contribution in [2.24, 2.45) is 0 Å². The molecule has 3 aromatic rings. The fourth-order valence-corrected chi connectivity index (χ4v) is 2.23. The third-order valence-corrected chi connectivity index (χ3v) is 3.38. The molecule has 0 bridgehead atoms. The van der Waals surface area contributed by atoms with Crippen molar-refractivity contribution in [1.29, 1.82) is 0 Å². The Labute approximate surface area is 131 Å². The molecule has 0 amide bonds. The summed E-state index contributed by atoms with van der Waals surface area (Å²) >= 11 is 0. The van der Waals surface area contributed by atoms with E-state index in [4.69, 9.17) is 4.74 Å². The summed E-state index contributed by atoms with van der Waals surface area (Å²) in [7, 11) is 1.56. The van der Waals surface area contributed by atoms with E-state index in [9.17, 15) is 9.59 Å². The minimum atomic E-state index is -0.391. The topological polar surface area (TPSA) is 70.5 Å². The van der Waals surface area contributed by atoms with E-state index in [1.807, 2.05) is 0 Å². The number of fused-ring (bicyclic) bond motifs is 1. The highest BCUT2D eigenvalue weighted by Gasteiger charge is 2.12. The number of hydrogen-bond donors (Lipinski definition) is 0. The van der Waals surface area contributed by atoms with Gasteiger partial charge in [0.25, 0.3) is 0 Å². The van der Waals surface area contributed by atoms with Gasteiger partial charge < -0.3 is 4.74 Å². The number of benzene rings is 1. The minimum Gasteiger partial charge on any atom is -0.497 e. The molecule has 7 nitrogen and oxygen atoms in total. The van der Waals surface area contributed by atoms with Crippen LogP contribution in [-0.4, -0.2) is 25.9 Å². The molecule has 0 atom stereocenters. The zero-order valence-electron chi connectivity index (χ0n) is 12.7. The molecule has 0 unspecified atom stereocenters. The van der Waals surface area contributed by atoms with Crippen LogP contribution in [0.5, 0.6) is 5.75 Å². The average Bonchev–Trinajstić information content (AvgIpc) is 2.90. The van der Waals surface area contributed by atoms with Gasteiger partial charge in [0.1, 0.15) is 12.3 Å². The van der Waals surface area contributed by atoms with Crippen molar-refractivity contribution in [3.05, 3.63) is 57.5 Å². The zero-order valence-corrected chi connectivity index (χ0v) is 12.7. The smallest absolute Gasteiger partial charge is 0.351 e. The van der Waals surface area contributed by atoms with Crippen LogP contribution in [0.1, 0.15) is 6.92 Å². The van der Waals surface area contributed by atoms with Gasteiger partial charge in [-0.05, 0) is 19.1 Å². The second-order valence-corrected chi connectivity index (χ2v) is 4.74. The standard InChI is InChI=1S/C16H14N4O3/c1-3-4-8-20-16(22)19-10-9-18(15(21)14(19)17-20)12-6-5-7-13(11-12)23-2/h5-7,9-11H,8H2,1-2H3. The maximum atomic E-state index is 12.6. The lowest BCUT2D eigenvalue weighted by molar-refractivity contribution is 0.414. The van der Waals surface area contributed by atoms with E-state index < -0.39 is 5.69 Å². The number of hydrogen-bond acceptors (Lipinski definition) is 4. The molecule has 0 radical (unpaired) electrons. The van der Waals surface area contributed by atoms with Gasteiger partial charge >= 0.3 is 11.2 Å². The fourth-order valence-electron chi connectivity index (χ4n) is 2.23. The Morgan fingerprint density at radius 1 is 1.26 bits per heavy atom. The summed E-state index contributed by atoms with van der Waals surface area (Å²) in [6.07, 6.45) is 3.05. The molecule has 23 heavy (non-hydrogen) atoms. The van der Waals surface area contributed by atoms with Crippen LogP contribution >= 0.6 is 0 Å². The normalized spacial score (nSPS) is 10.3. The molecule has 7 heteroatoms.